The SMILES string of the molecule is CN=C(NCc1ncc(C(C)(C)C)o1)NCc1ccccc1S(=O)(=O)N1CCCCC1.I. The molecule has 2 N–H and O–H groups in total. The van der Waals surface area contributed by atoms with Crippen molar-refractivity contribution < 1.29 is 12.8 Å². The lowest BCUT2D eigenvalue weighted by Gasteiger charge is -2.27. The first-order valence-corrected chi connectivity index (χ1v) is 12.1. The smallest absolute Gasteiger partial charge is 0.243 e. The predicted molar refractivity (Wildman–Crippen MR) is 137 cm³/mol. The largest absolute Gasteiger partial charge is 0.443 e. The summed E-state index contributed by atoms with van der Waals surface area (Å²) in [6.07, 6.45) is 4.65. The van der Waals surface area contributed by atoms with Crippen LogP contribution in [0.1, 0.15) is 57.2 Å². The first-order chi connectivity index (χ1) is 14.7. The summed E-state index contributed by atoms with van der Waals surface area (Å²) >= 11 is 0. The maximum absolute atomic E-state index is 13.1. The van der Waals surface area contributed by atoms with Gasteiger partial charge < -0.3 is 15.1 Å². The highest BCUT2D eigenvalue weighted by Gasteiger charge is 2.27. The minimum atomic E-state index is -3.51. The average Bonchev–Trinajstić information content (AvgIpc) is 3.24. The third kappa shape index (κ3) is 6.67. The van der Waals surface area contributed by atoms with E-state index in [1.807, 2.05) is 12.1 Å². The summed E-state index contributed by atoms with van der Waals surface area (Å²) in [7, 11) is -1.84. The number of halogens is 1. The molecule has 32 heavy (non-hydrogen) atoms. The molecular formula is C22H34IN5O3S. The summed E-state index contributed by atoms with van der Waals surface area (Å²) in [5, 5.41) is 6.36. The number of sulfonamides is 1. The van der Waals surface area contributed by atoms with Crippen LogP contribution in [-0.4, -0.2) is 43.8 Å². The Bertz CT molecular complexity index is 1010. The minimum Gasteiger partial charge on any atom is -0.443 e. The number of aromatic nitrogens is 1. The first-order valence-electron chi connectivity index (χ1n) is 10.7. The van der Waals surface area contributed by atoms with Crippen molar-refractivity contribution in [2.24, 2.45) is 4.99 Å². The van der Waals surface area contributed by atoms with Crippen LogP contribution in [0.5, 0.6) is 0 Å². The van der Waals surface area contributed by atoms with E-state index < -0.39 is 10.0 Å². The van der Waals surface area contributed by atoms with Gasteiger partial charge in [0.05, 0.1) is 17.6 Å². The third-order valence-electron chi connectivity index (χ3n) is 5.28. The molecule has 3 rings (SSSR count). The van der Waals surface area contributed by atoms with Gasteiger partial charge in [-0.3, -0.25) is 4.99 Å². The number of hydrogen-bond acceptors (Lipinski definition) is 5. The highest BCUT2D eigenvalue weighted by molar-refractivity contribution is 14.0. The Kier molecular flexibility index (Phi) is 9.53. The zero-order valence-corrected chi connectivity index (χ0v) is 22.4. The van der Waals surface area contributed by atoms with Gasteiger partial charge in [0.25, 0.3) is 0 Å². The number of rotatable bonds is 6. The molecule has 1 aromatic carbocycles. The molecule has 0 spiro atoms. The zero-order chi connectivity index (χ0) is 22.5. The lowest BCUT2D eigenvalue weighted by Crippen LogP contribution is -2.38. The molecule has 1 aliphatic rings. The molecule has 1 aliphatic heterocycles. The fourth-order valence-corrected chi connectivity index (χ4v) is 5.18. The monoisotopic (exact) mass is 575 g/mol. The predicted octanol–water partition coefficient (Wildman–Crippen LogP) is 3.63. The van der Waals surface area contributed by atoms with Crippen molar-refractivity contribution >= 4 is 40.0 Å². The van der Waals surface area contributed by atoms with Gasteiger partial charge in [0.15, 0.2) is 5.96 Å². The highest BCUT2D eigenvalue weighted by atomic mass is 127. The minimum absolute atomic E-state index is 0. The molecule has 10 heteroatoms. The van der Waals surface area contributed by atoms with Crippen LogP contribution in [0, 0.1) is 0 Å². The maximum atomic E-state index is 13.1. The summed E-state index contributed by atoms with van der Waals surface area (Å²) in [5.74, 6) is 1.94. The number of oxazole rings is 1. The van der Waals surface area contributed by atoms with Crippen LogP contribution >= 0.6 is 24.0 Å². The van der Waals surface area contributed by atoms with Crippen LogP contribution in [0.3, 0.4) is 0 Å². The Morgan fingerprint density at radius 1 is 1.12 bits per heavy atom. The quantitative estimate of drug-likeness (QED) is 0.310. The van der Waals surface area contributed by atoms with Crippen LogP contribution in [0.2, 0.25) is 0 Å². The zero-order valence-electron chi connectivity index (χ0n) is 19.2. The van der Waals surface area contributed by atoms with Gasteiger partial charge in [-0.25, -0.2) is 13.4 Å². The fourth-order valence-electron chi connectivity index (χ4n) is 3.44. The summed E-state index contributed by atoms with van der Waals surface area (Å²) in [5.41, 5.74) is 0.608. The summed E-state index contributed by atoms with van der Waals surface area (Å²) < 4.78 is 33.7. The van der Waals surface area contributed by atoms with E-state index in [1.54, 1.807) is 29.7 Å². The molecule has 2 aromatic rings. The van der Waals surface area contributed by atoms with Crippen LogP contribution in [0.25, 0.3) is 0 Å². The molecule has 0 bridgehead atoms. The van der Waals surface area contributed by atoms with Gasteiger partial charge in [0.1, 0.15) is 5.76 Å². The Balaban J connectivity index is 0.00000363. The highest BCUT2D eigenvalue weighted by Crippen LogP contribution is 2.24. The lowest BCUT2D eigenvalue weighted by molar-refractivity contribution is 0.346. The van der Waals surface area contributed by atoms with Gasteiger partial charge in [-0.05, 0) is 24.5 Å². The van der Waals surface area contributed by atoms with Crippen LogP contribution < -0.4 is 10.6 Å². The molecule has 8 nitrogen and oxygen atoms in total. The van der Waals surface area contributed by atoms with Crippen molar-refractivity contribution in [2.75, 3.05) is 20.1 Å². The second kappa shape index (κ2) is 11.5. The molecule has 0 saturated carbocycles. The molecule has 0 radical (unpaired) electrons. The first kappa shape index (κ1) is 26.6. The van der Waals surface area contributed by atoms with Gasteiger partial charge in [0, 0.05) is 32.1 Å². The van der Waals surface area contributed by atoms with E-state index >= 15 is 0 Å². The van der Waals surface area contributed by atoms with E-state index in [-0.39, 0.29) is 29.4 Å². The van der Waals surface area contributed by atoms with Gasteiger partial charge in [-0.15, -0.1) is 24.0 Å². The second-order valence-electron chi connectivity index (χ2n) is 8.72. The third-order valence-corrected chi connectivity index (χ3v) is 7.27. The van der Waals surface area contributed by atoms with Gasteiger partial charge >= 0.3 is 0 Å². The Hall–Kier alpha value is -1.66. The standard InChI is InChI=1S/C22H33N5O3S.HI/c1-22(2,3)19-15-24-20(30-19)16-26-21(23-4)25-14-17-10-6-7-11-18(17)31(28,29)27-12-8-5-9-13-27;/h6-7,10-11,15H,5,8-9,12-14,16H2,1-4H3,(H2,23,25,26);1H. The molecule has 2 heterocycles. The van der Waals surface area contributed by atoms with Crippen LogP contribution in [-0.2, 0) is 28.5 Å². The molecule has 0 amide bonds. The number of guanidine groups is 1. The van der Waals surface area contributed by atoms with Crippen molar-refractivity contribution in [2.45, 2.75) is 63.4 Å². The van der Waals surface area contributed by atoms with Crippen molar-refractivity contribution in [3.63, 3.8) is 0 Å². The summed E-state index contributed by atoms with van der Waals surface area (Å²) in [4.78, 5) is 8.88. The van der Waals surface area contributed by atoms with E-state index in [2.05, 4.69) is 41.4 Å². The van der Waals surface area contributed by atoms with Crippen molar-refractivity contribution in [3.8, 4) is 0 Å². The number of hydrogen-bond donors (Lipinski definition) is 2. The average molecular weight is 576 g/mol. The van der Waals surface area contributed by atoms with Crippen molar-refractivity contribution in [3.05, 3.63) is 47.7 Å². The number of piperidine rings is 1. The maximum Gasteiger partial charge on any atom is 0.243 e. The molecule has 178 valence electrons. The van der Waals surface area contributed by atoms with E-state index in [0.717, 1.165) is 25.0 Å². The molecule has 1 aromatic heterocycles. The van der Waals surface area contributed by atoms with Crippen molar-refractivity contribution in [1.82, 2.24) is 19.9 Å². The second-order valence-corrected chi connectivity index (χ2v) is 10.6. The van der Waals surface area contributed by atoms with E-state index in [9.17, 15) is 8.42 Å². The Labute approximate surface area is 208 Å². The molecule has 0 aliphatic carbocycles. The fraction of sp³-hybridized carbons (Fsp3) is 0.545. The Morgan fingerprint density at radius 3 is 2.41 bits per heavy atom. The van der Waals surface area contributed by atoms with Crippen LogP contribution in [0.15, 0.2) is 44.8 Å². The Morgan fingerprint density at radius 2 is 1.78 bits per heavy atom. The number of benzene rings is 1. The van der Waals surface area contributed by atoms with Gasteiger partial charge in [-0.2, -0.15) is 4.31 Å². The van der Waals surface area contributed by atoms with Crippen LogP contribution in [0.4, 0.5) is 0 Å². The van der Waals surface area contributed by atoms with Crippen molar-refractivity contribution in [1.29, 1.82) is 0 Å². The van der Waals surface area contributed by atoms with Gasteiger partial charge in [0.2, 0.25) is 15.9 Å². The molecular weight excluding hydrogens is 541 g/mol. The number of nitrogens with one attached hydrogen (secondary N) is 2. The van der Waals surface area contributed by atoms with E-state index in [4.69, 9.17) is 4.42 Å². The van der Waals surface area contributed by atoms with E-state index in [1.165, 1.54) is 0 Å². The lowest BCUT2D eigenvalue weighted by atomic mass is 9.94. The summed E-state index contributed by atoms with van der Waals surface area (Å²) in [6.45, 7) is 8.09. The summed E-state index contributed by atoms with van der Waals surface area (Å²) in [6, 6.07) is 7.13. The molecule has 0 unspecified atom stereocenters. The van der Waals surface area contributed by atoms with Gasteiger partial charge in [-0.1, -0.05) is 45.4 Å². The molecule has 1 saturated heterocycles. The normalized spacial score (nSPS) is 15.8. The topological polar surface area (TPSA) is 99.8 Å². The molecule has 0 atom stereocenters. The van der Waals surface area contributed by atoms with E-state index in [0.29, 0.717) is 48.5 Å². The number of nitrogens with zero attached hydrogens (tertiary/aromatic N) is 3. The molecule has 1 fully saturated rings. The number of aliphatic imine (C=N–C) groups is 1.